The van der Waals surface area contributed by atoms with Crippen molar-refractivity contribution in [3.63, 3.8) is 0 Å². The minimum atomic E-state index is -0.375. The van der Waals surface area contributed by atoms with Crippen LogP contribution in [0.25, 0.3) is 0 Å². The normalized spacial score (nSPS) is 15.6. The highest BCUT2D eigenvalue weighted by molar-refractivity contribution is 5.96. The zero-order chi connectivity index (χ0) is 19.5. The predicted molar refractivity (Wildman–Crippen MR) is 106 cm³/mol. The number of anilines is 1. The molecule has 1 amide bonds. The molecule has 0 spiro atoms. The number of nitrogens with zero attached hydrogens (tertiary/aromatic N) is 3. The van der Waals surface area contributed by atoms with Gasteiger partial charge in [0, 0.05) is 12.2 Å². The lowest BCUT2D eigenvalue weighted by Gasteiger charge is -2.28. The molecule has 1 aliphatic rings. The molecular formula is C21H21N5O2. The molecule has 142 valence electrons. The first kappa shape index (κ1) is 17.8. The summed E-state index contributed by atoms with van der Waals surface area (Å²) in [5.74, 6) is 1.22. The van der Waals surface area contributed by atoms with Crippen LogP contribution in [0.15, 0.2) is 72.2 Å². The number of rotatable bonds is 5. The molecule has 0 radical (unpaired) electrons. The van der Waals surface area contributed by atoms with Crippen LogP contribution < -0.4 is 15.4 Å². The van der Waals surface area contributed by atoms with Gasteiger partial charge in [0.05, 0.1) is 12.7 Å². The molecular weight excluding hydrogens is 354 g/mol. The number of nitrogens with one attached hydrogen (secondary N) is 2. The summed E-state index contributed by atoms with van der Waals surface area (Å²) in [5, 5.41) is 10.5. The average molecular weight is 375 g/mol. The topological polar surface area (TPSA) is 81.1 Å². The van der Waals surface area contributed by atoms with Crippen LogP contribution in [0.5, 0.6) is 5.75 Å². The molecule has 1 aromatic heterocycles. The van der Waals surface area contributed by atoms with Crippen molar-refractivity contribution in [1.29, 1.82) is 0 Å². The molecule has 0 saturated carbocycles. The third-order valence-electron chi connectivity index (χ3n) is 4.77. The van der Waals surface area contributed by atoms with Crippen LogP contribution in [0.3, 0.4) is 0 Å². The number of ether oxygens (including phenoxy) is 1. The number of carbonyl (C=O) groups excluding carboxylic acids is 1. The van der Waals surface area contributed by atoms with Crippen molar-refractivity contribution in [3.05, 3.63) is 83.3 Å². The van der Waals surface area contributed by atoms with E-state index in [9.17, 15) is 4.79 Å². The fourth-order valence-electron chi connectivity index (χ4n) is 3.35. The third kappa shape index (κ3) is 3.34. The van der Waals surface area contributed by atoms with E-state index >= 15 is 0 Å². The van der Waals surface area contributed by atoms with E-state index in [-0.39, 0.29) is 11.9 Å². The van der Waals surface area contributed by atoms with Gasteiger partial charge in [-0.25, -0.2) is 4.68 Å². The first-order valence-corrected chi connectivity index (χ1v) is 9.00. The van der Waals surface area contributed by atoms with Gasteiger partial charge in [-0.3, -0.25) is 4.79 Å². The van der Waals surface area contributed by atoms with E-state index in [2.05, 4.69) is 20.7 Å². The molecule has 4 rings (SSSR count). The first-order valence-electron chi connectivity index (χ1n) is 9.00. The highest BCUT2D eigenvalue weighted by atomic mass is 16.5. The molecule has 1 atom stereocenters. The summed E-state index contributed by atoms with van der Waals surface area (Å²) in [4.78, 5) is 17.4. The predicted octanol–water partition coefficient (Wildman–Crippen LogP) is 2.89. The maximum atomic E-state index is 13.1. The standard InChI is InChI=1S/C21H21N5O2/c1-14-18(20(27)22-12-15-6-4-3-5-7-15)19(26-21(25-14)23-13-24-26)16-8-10-17(28-2)11-9-16/h3-11,13,19H,12H2,1-2H3,(H,22,27)(H,23,24,25)/t19-/m1/s1. The van der Waals surface area contributed by atoms with E-state index in [1.54, 1.807) is 11.8 Å². The Hall–Kier alpha value is -3.61. The van der Waals surface area contributed by atoms with Crippen molar-refractivity contribution in [1.82, 2.24) is 20.1 Å². The summed E-state index contributed by atoms with van der Waals surface area (Å²) in [7, 11) is 1.63. The number of aromatic nitrogens is 3. The van der Waals surface area contributed by atoms with Crippen molar-refractivity contribution in [3.8, 4) is 5.75 Å². The van der Waals surface area contributed by atoms with E-state index in [1.807, 2.05) is 61.5 Å². The van der Waals surface area contributed by atoms with Crippen molar-refractivity contribution < 1.29 is 9.53 Å². The van der Waals surface area contributed by atoms with Crippen LogP contribution in [0.2, 0.25) is 0 Å². The Morgan fingerprint density at radius 3 is 2.64 bits per heavy atom. The van der Waals surface area contributed by atoms with Gasteiger partial charge in [-0.05, 0) is 30.2 Å². The lowest BCUT2D eigenvalue weighted by molar-refractivity contribution is -0.118. The van der Waals surface area contributed by atoms with E-state index < -0.39 is 0 Å². The Bertz CT molecular complexity index is 1010. The van der Waals surface area contributed by atoms with Crippen LogP contribution in [-0.4, -0.2) is 27.8 Å². The van der Waals surface area contributed by atoms with Gasteiger partial charge in [-0.2, -0.15) is 10.1 Å². The molecule has 0 aliphatic carbocycles. The first-order chi connectivity index (χ1) is 13.7. The van der Waals surface area contributed by atoms with Crippen LogP contribution in [-0.2, 0) is 11.3 Å². The van der Waals surface area contributed by atoms with E-state index in [0.29, 0.717) is 18.1 Å². The van der Waals surface area contributed by atoms with Gasteiger partial charge in [0.1, 0.15) is 18.1 Å². The Morgan fingerprint density at radius 2 is 1.93 bits per heavy atom. The van der Waals surface area contributed by atoms with E-state index in [0.717, 1.165) is 22.6 Å². The van der Waals surface area contributed by atoms with E-state index in [1.165, 1.54) is 6.33 Å². The number of hydrogen-bond acceptors (Lipinski definition) is 5. The molecule has 28 heavy (non-hydrogen) atoms. The largest absolute Gasteiger partial charge is 0.497 e. The Balaban J connectivity index is 1.67. The number of fused-ring (bicyclic) bond motifs is 1. The fourth-order valence-corrected chi connectivity index (χ4v) is 3.35. The second kappa shape index (κ2) is 7.56. The van der Waals surface area contributed by atoms with Gasteiger partial charge < -0.3 is 15.4 Å². The third-order valence-corrected chi connectivity index (χ3v) is 4.77. The molecule has 0 fully saturated rings. The van der Waals surface area contributed by atoms with Crippen LogP contribution >= 0.6 is 0 Å². The van der Waals surface area contributed by atoms with Crippen LogP contribution in [0.1, 0.15) is 24.1 Å². The number of methoxy groups -OCH3 is 1. The quantitative estimate of drug-likeness (QED) is 0.717. The highest BCUT2D eigenvalue weighted by Crippen LogP contribution is 2.35. The second-order valence-corrected chi connectivity index (χ2v) is 6.54. The van der Waals surface area contributed by atoms with E-state index in [4.69, 9.17) is 4.74 Å². The second-order valence-electron chi connectivity index (χ2n) is 6.54. The Kier molecular flexibility index (Phi) is 4.80. The maximum Gasteiger partial charge on any atom is 0.251 e. The number of amides is 1. The molecule has 0 unspecified atom stereocenters. The minimum absolute atomic E-state index is 0.143. The zero-order valence-electron chi connectivity index (χ0n) is 15.7. The summed E-state index contributed by atoms with van der Waals surface area (Å²) in [5.41, 5.74) is 3.34. The number of allylic oxidation sites excluding steroid dienone is 1. The molecule has 0 bridgehead atoms. The average Bonchev–Trinajstić information content (AvgIpc) is 3.20. The fraction of sp³-hybridized carbons (Fsp3) is 0.190. The molecule has 0 saturated heterocycles. The summed E-state index contributed by atoms with van der Waals surface area (Å²) in [6.45, 7) is 2.34. The summed E-state index contributed by atoms with van der Waals surface area (Å²) in [6, 6.07) is 17.1. The maximum absolute atomic E-state index is 13.1. The van der Waals surface area contributed by atoms with Gasteiger partial charge in [-0.1, -0.05) is 42.5 Å². The monoisotopic (exact) mass is 375 g/mol. The van der Waals surface area contributed by atoms with Gasteiger partial charge in [0.2, 0.25) is 5.95 Å². The zero-order valence-corrected chi connectivity index (χ0v) is 15.7. The molecule has 1 aliphatic heterocycles. The number of carbonyl (C=O) groups is 1. The summed E-state index contributed by atoms with van der Waals surface area (Å²) in [6.07, 6.45) is 1.48. The lowest BCUT2D eigenvalue weighted by atomic mass is 9.95. The van der Waals surface area contributed by atoms with Gasteiger partial charge >= 0.3 is 0 Å². The molecule has 2 N–H and O–H groups in total. The number of hydrogen-bond donors (Lipinski definition) is 2. The molecule has 2 aromatic carbocycles. The number of benzene rings is 2. The highest BCUT2D eigenvalue weighted by Gasteiger charge is 2.33. The van der Waals surface area contributed by atoms with Gasteiger partial charge in [0.25, 0.3) is 5.91 Å². The Morgan fingerprint density at radius 1 is 1.18 bits per heavy atom. The molecule has 7 nitrogen and oxygen atoms in total. The van der Waals surface area contributed by atoms with Crippen LogP contribution in [0.4, 0.5) is 5.95 Å². The smallest absolute Gasteiger partial charge is 0.251 e. The molecule has 7 heteroatoms. The Labute approximate surface area is 163 Å². The lowest BCUT2D eigenvalue weighted by Crippen LogP contribution is -2.34. The SMILES string of the molecule is COc1ccc([C@@H]2C(C(=O)NCc3ccccc3)=C(C)Nc3ncnn32)cc1. The minimum Gasteiger partial charge on any atom is -0.497 e. The molecule has 2 heterocycles. The molecule has 3 aromatic rings. The van der Waals surface area contributed by atoms with Crippen molar-refractivity contribution in [2.75, 3.05) is 12.4 Å². The summed E-state index contributed by atoms with van der Waals surface area (Å²) >= 11 is 0. The van der Waals surface area contributed by atoms with Crippen molar-refractivity contribution >= 4 is 11.9 Å². The van der Waals surface area contributed by atoms with Gasteiger partial charge in [-0.15, -0.1) is 0 Å². The van der Waals surface area contributed by atoms with Crippen LogP contribution in [0, 0.1) is 0 Å². The van der Waals surface area contributed by atoms with Crippen molar-refractivity contribution in [2.45, 2.75) is 19.5 Å². The summed E-state index contributed by atoms with van der Waals surface area (Å²) < 4.78 is 6.98. The van der Waals surface area contributed by atoms with Crippen molar-refractivity contribution in [2.24, 2.45) is 0 Å². The van der Waals surface area contributed by atoms with Gasteiger partial charge in [0.15, 0.2) is 0 Å².